The molecule has 0 fully saturated rings. The van der Waals surface area contributed by atoms with Gasteiger partial charge in [0, 0.05) is 4.47 Å². The van der Waals surface area contributed by atoms with E-state index in [9.17, 15) is 13.2 Å². The fourth-order valence-electron chi connectivity index (χ4n) is 3.32. The van der Waals surface area contributed by atoms with E-state index >= 15 is 0 Å². The number of hydrogen-bond acceptors (Lipinski definition) is 4. The lowest BCUT2D eigenvalue weighted by Crippen LogP contribution is -2.41. The summed E-state index contributed by atoms with van der Waals surface area (Å²) in [5.41, 5.74) is 3.55. The predicted molar refractivity (Wildman–Crippen MR) is 134 cm³/mol. The largest absolute Gasteiger partial charge is 0.492 e. The highest BCUT2D eigenvalue weighted by atomic mass is 79.9. The average molecular weight is 531 g/mol. The first kappa shape index (κ1) is 24.8. The van der Waals surface area contributed by atoms with Crippen molar-refractivity contribution in [3.63, 3.8) is 0 Å². The first-order chi connectivity index (χ1) is 15.6. The van der Waals surface area contributed by atoms with Crippen LogP contribution < -0.4 is 14.4 Å². The van der Waals surface area contributed by atoms with Gasteiger partial charge in [0.15, 0.2) is 0 Å². The van der Waals surface area contributed by atoms with Crippen LogP contribution in [-0.4, -0.2) is 34.0 Å². The number of nitrogens with one attached hydrogen (secondary N) is 1. The van der Waals surface area contributed by atoms with Crippen LogP contribution in [0.1, 0.15) is 16.7 Å². The maximum absolute atomic E-state index is 13.4. The number of benzene rings is 3. The van der Waals surface area contributed by atoms with Crippen LogP contribution in [0.25, 0.3) is 0 Å². The number of amides is 1. The fourth-order valence-corrected chi connectivity index (χ4v) is 5.01. The molecule has 6 nitrogen and oxygen atoms in total. The van der Waals surface area contributed by atoms with Crippen LogP contribution in [0.4, 0.5) is 5.69 Å². The molecule has 1 N–H and O–H groups in total. The van der Waals surface area contributed by atoms with Crippen LogP contribution in [0.15, 0.2) is 76.1 Å². The molecule has 0 aliphatic rings. The van der Waals surface area contributed by atoms with Crippen LogP contribution in [0.5, 0.6) is 5.75 Å². The quantitative estimate of drug-likeness (QED) is 0.404. The van der Waals surface area contributed by atoms with Crippen molar-refractivity contribution >= 4 is 37.5 Å². The van der Waals surface area contributed by atoms with Gasteiger partial charge in [0.1, 0.15) is 18.9 Å². The zero-order valence-electron chi connectivity index (χ0n) is 18.8. The van der Waals surface area contributed by atoms with Crippen LogP contribution in [0.2, 0.25) is 0 Å². The summed E-state index contributed by atoms with van der Waals surface area (Å²) in [5, 5.41) is 2.75. The molecule has 0 radical (unpaired) electrons. The Bertz CT molecular complexity index is 1190. The summed E-state index contributed by atoms with van der Waals surface area (Å²) < 4.78 is 34.3. The third kappa shape index (κ3) is 6.82. The molecule has 3 aromatic rings. The van der Waals surface area contributed by atoms with E-state index in [0.717, 1.165) is 31.2 Å². The SMILES string of the molecule is Cc1ccc(S(=O)(=O)N(CC(=O)NCCOc2cc(C)cc(C)c2)c2ccc(Br)cc2)cc1. The smallest absolute Gasteiger partial charge is 0.264 e. The number of halogens is 1. The van der Waals surface area contributed by atoms with E-state index in [1.807, 2.05) is 32.9 Å². The molecule has 33 heavy (non-hydrogen) atoms. The monoisotopic (exact) mass is 530 g/mol. The molecule has 1 amide bonds. The summed E-state index contributed by atoms with van der Waals surface area (Å²) in [6.45, 7) is 6.06. The molecule has 0 aliphatic carbocycles. The predicted octanol–water partition coefficient (Wildman–Crippen LogP) is 4.76. The minimum Gasteiger partial charge on any atom is -0.492 e. The molecule has 0 saturated heterocycles. The molecule has 0 unspecified atom stereocenters. The molecule has 0 bridgehead atoms. The normalized spacial score (nSPS) is 11.2. The van der Waals surface area contributed by atoms with Gasteiger partial charge in [-0.15, -0.1) is 0 Å². The topological polar surface area (TPSA) is 75.7 Å². The molecular formula is C25H27BrN2O4S. The second kappa shape index (κ2) is 10.9. The van der Waals surface area contributed by atoms with Gasteiger partial charge in [0.05, 0.1) is 17.1 Å². The van der Waals surface area contributed by atoms with Gasteiger partial charge in [-0.2, -0.15) is 0 Å². The van der Waals surface area contributed by atoms with Crippen molar-refractivity contribution in [3.8, 4) is 5.75 Å². The Labute approximate surface area is 203 Å². The maximum atomic E-state index is 13.4. The zero-order chi connectivity index (χ0) is 24.0. The van der Waals surface area contributed by atoms with Crippen molar-refractivity contribution in [1.82, 2.24) is 5.32 Å². The van der Waals surface area contributed by atoms with Crippen molar-refractivity contribution < 1.29 is 17.9 Å². The fraction of sp³-hybridized carbons (Fsp3) is 0.240. The van der Waals surface area contributed by atoms with E-state index in [0.29, 0.717) is 5.69 Å². The Balaban J connectivity index is 1.69. The number of nitrogens with zero attached hydrogens (tertiary/aromatic N) is 1. The van der Waals surface area contributed by atoms with E-state index in [1.54, 1.807) is 48.5 Å². The van der Waals surface area contributed by atoms with Crippen molar-refractivity contribution in [2.75, 3.05) is 24.0 Å². The van der Waals surface area contributed by atoms with Gasteiger partial charge < -0.3 is 10.1 Å². The van der Waals surface area contributed by atoms with Crippen molar-refractivity contribution in [3.05, 3.63) is 87.9 Å². The maximum Gasteiger partial charge on any atom is 0.264 e. The van der Waals surface area contributed by atoms with Gasteiger partial charge in [0.25, 0.3) is 10.0 Å². The molecule has 0 saturated carbocycles. The molecule has 3 rings (SSSR count). The zero-order valence-corrected chi connectivity index (χ0v) is 21.2. The van der Waals surface area contributed by atoms with Gasteiger partial charge in [0.2, 0.25) is 5.91 Å². The Kier molecular flexibility index (Phi) is 8.15. The summed E-state index contributed by atoms with van der Waals surface area (Å²) >= 11 is 3.36. The lowest BCUT2D eigenvalue weighted by molar-refractivity contribution is -0.119. The molecule has 0 heterocycles. The molecule has 3 aromatic carbocycles. The number of hydrogen-bond donors (Lipinski definition) is 1. The number of ether oxygens (including phenoxy) is 1. The summed E-state index contributed by atoms with van der Waals surface area (Å²) in [4.78, 5) is 12.8. The third-order valence-corrected chi connectivity index (χ3v) is 7.22. The Morgan fingerprint density at radius 3 is 2.12 bits per heavy atom. The molecule has 0 aliphatic heterocycles. The van der Waals surface area contributed by atoms with Gasteiger partial charge in [-0.3, -0.25) is 9.10 Å². The average Bonchev–Trinajstić information content (AvgIpc) is 2.75. The van der Waals surface area contributed by atoms with Crippen LogP contribution >= 0.6 is 15.9 Å². The minimum atomic E-state index is -3.94. The molecule has 174 valence electrons. The third-order valence-electron chi connectivity index (χ3n) is 4.90. The van der Waals surface area contributed by atoms with Gasteiger partial charge in [-0.05, 0) is 80.4 Å². The van der Waals surface area contributed by atoms with Crippen LogP contribution in [0.3, 0.4) is 0 Å². The van der Waals surface area contributed by atoms with Crippen molar-refractivity contribution in [1.29, 1.82) is 0 Å². The summed E-state index contributed by atoms with van der Waals surface area (Å²) in [7, 11) is -3.94. The lowest BCUT2D eigenvalue weighted by Gasteiger charge is -2.24. The highest BCUT2D eigenvalue weighted by Gasteiger charge is 2.27. The van der Waals surface area contributed by atoms with E-state index in [-0.39, 0.29) is 24.6 Å². The molecule has 8 heteroatoms. The van der Waals surface area contributed by atoms with E-state index in [2.05, 4.69) is 27.3 Å². The summed E-state index contributed by atoms with van der Waals surface area (Å²) in [5.74, 6) is 0.317. The molecule has 0 aromatic heterocycles. The molecule has 0 spiro atoms. The number of carbonyl (C=O) groups excluding carboxylic acids is 1. The standard InChI is InChI=1S/C25H27BrN2O4S/c1-18-4-10-24(11-5-18)33(30,31)28(22-8-6-21(26)7-9-22)17-25(29)27-12-13-32-23-15-19(2)14-20(3)16-23/h4-11,14-16H,12-13,17H2,1-3H3,(H,27,29). The Hall–Kier alpha value is -2.84. The van der Waals surface area contributed by atoms with Gasteiger partial charge in [-0.25, -0.2) is 8.42 Å². The lowest BCUT2D eigenvalue weighted by atomic mass is 10.1. The first-order valence-corrected chi connectivity index (χ1v) is 12.7. The number of rotatable bonds is 9. The molecular weight excluding hydrogens is 504 g/mol. The number of carbonyl (C=O) groups is 1. The van der Waals surface area contributed by atoms with Crippen molar-refractivity contribution in [2.24, 2.45) is 0 Å². The number of anilines is 1. The van der Waals surface area contributed by atoms with E-state index in [4.69, 9.17) is 4.74 Å². The number of aryl methyl sites for hydroxylation is 3. The highest BCUT2D eigenvalue weighted by Crippen LogP contribution is 2.25. The minimum absolute atomic E-state index is 0.127. The Morgan fingerprint density at radius 2 is 1.52 bits per heavy atom. The van der Waals surface area contributed by atoms with Gasteiger partial charge in [-0.1, -0.05) is 39.7 Å². The summed E-state index contributed by atoms with van der Waals surface area (Å²) in [6, 6.07) is 19.3. The van der Waals surface area contributed by atoms with Crippen LogP contribution in [-0.2, 0) is 14.8 Å². The number of sulfonamides is 1. The first-order valence-electron chi connectivity index (χ1n) is 10.5. The molecule has 0 atom stereocenters. The second-order valence-electron chi connectivity index (χ2n) is 7.82. The highest BCUT2D eigenvalue weighted by molar-refractivity contribution is 9.10. The van der Waals surface area contributed by atoms with Gasteiger partial charge >= 0.3 is 0 Å². The Morgan fingerprint density at radius 1 is 0.909 bits per heavy atom. The van der Waals surface area contributed by atoms with E-state index in [1.165, 1.54) is 0 Å². The van der Waals surface area contributed by atoms with E-state index < -0.39 is 15.9 Å². The van der Waals surface area contributed by atoms with Crippen LogP contribution in [0, 0.1) is 20.8 Å². The second-order valence-corrected chi connectivity index (χ2v) is 10.6. The summed E-state index contributed by atoms with van der Waals surface area (Å²) in [6.07, 6.45) is 0. The van der Waals surface area contributed by atoms with Crippen molar-refractivity contribution in [2.45, 2.75) is 25.7 Å².